The average molecular weight is 289 g/mol. The first-order valence-electron chi connectivity index (χ1n) is 7.20. The quantitative estimate of drug-likeness (QED) is 0.886. The zero-order chi connectivity index (χ0) is 15.4. The van der Waals surface area contributed by atoms with Gasteiger partial charge in [-0.15, -0.1) is 0 Å². The minimum Gasteiger partial charge on any atom is -0.393 e. The van der Waals surface area contributed by atoms with Crippen molar-refractivity contribution in [2.75, 3.05) is 12.8 Å². The summed E-state index contributed by atoms with van der Waals surface area (Å²) in [6.07, 6.45) is 0.929. The number of methoxy groups -OCH3 is 1. The lowest BCUT2D eigenvalue weighted by Gasteiger charge is -2.14. The summed E-state index contributed by atoms with van der Waals surface area (Å²) < 4.78 is 8.84. The van der Waals surface area contributed by atoms with Gasteiger partial charge in [-0.1, -0.05) is 36.8 Å². The minimum atomic E-state index is -0.142. The zero-order valence-corrected chi connectivity index (χ0v) is 12.9. The molecule has 5 heteroatoms. The monoisotopic (exact) mass is 289 g/mol. The average Bonchev–Trinajstić information content (AvgIpc) is 2.66. The first kappa shape index (κ1) is 15.4. The Morgan fingerprint density at radius 3 is 2.67 bits per heavy atom. The van der Waals surface area contributed by atoms with Gasteiger partial charge < -0.3 is 10.5 Å². The van der Waals surface area contributed by atoms with Crippen LogP contribution in [-0.4, -0.2) is 16.5 Å². The molecule has 0 aliphatic carbocycles. The van der Waals surface area contributed by atoms with Gasteiger partial charge in [-0.2, -0.15) is 0 Å². The fourth-order valence-electron chi connectivity index (χ4n) is 2.55. The first-order valence-corrected chi connectivity index (χ1v) is 7.20. The molecule has 1 aromatic heterocycles. The molecule has 0 aliphatic heterocycles. The van der Waals surface area contributed by atoms with Gasteiger partial charge in [0, 0.05) is 13.7 Å². The van der Waals surface area contributed by atoms with Crippen LogP contribution >= 0.6 is 0 Å². The van der Waals surface area contributed by atoms with Crippen LogP contribution in [0.3, 0.4) is 0 Å². The third kappa shape index (κ3) is 3.19. The van der Waals surface area contributed by atoms with Gasteiger partial charge in [0.1, 0.15) is 5.69 Å². The van der Waals surface area contributed by atoms with Crippen LogP contribution in [0.1, 0.15) is 30.2 Å². The van der Waals surface area contributed by atoms with E-state index in [1.807, 2.05) is 29.8 Å². The molecule has 21 heavy (non-hydrogen) atoms. The molecule has 0 radical (unpaired) electrons. The molecule has 2 aromatic rings. The number of nitrogens with two attached hydrogens (primary N) is 1. The summed E-state index contributed by atoms with van der Waals surface area (Å²) >= 11 is 0. The Hall–Kier alpha value is -2.01. The van der Waals surface area contributed by atoms with Crippen LogP contribution in [0.5, 0.6) is 0 Å². The number of aromatic nitrogens is 2. The maximum atomic E-state index is 12.4. The van der Waals surface area contributed by atoms with Crippen molar-refractivity contribution < 1.29 is 4.74 Å². The van der Waals surface area contributed by atoms with Crippen LogP contribution in [0.4, 0.5) is 5.69 Å². The predicted molar refractivity (Wildman–Crippen MR) is 84.4 cm³/mol. The van der Waals surface area contributed by atoms with Crippen LogP contribution in [0.2, 0.25) is 0 Å². The molecular formula is C16H23N3O2. The standard InChI is InChI=1S/C16H23N3O2/c1-4-8-18-14(11-21-3)15(17)16(20)19(18)10-13-7-5-6-12(2)9-13/h5-7,9H,4,8,10-11,17H2,1-3H3. The molecule has 114 valence electrons. The lowest BCUT2D eigenvalue weighted by atomic mass is 10.1. The van der Waals surface area contributed by atoms with E-state index < -0.39 is 0 Å². The third-order valence-corrected chi connectivity index (χ3v) is 3.51. The van der Waals surface area contributed by atoms with Gasteiger partial charge in [0.15, 0.2) is 0 Å². The molecule has 1 heterocycles. The van der Waals surface area contributed by atoms with Crippen LogP contribution in [0, 0.1) is 6.92 Å². The first-order chi connectivity index (χ1) is 10.1. The highest BCUT2D eigenvalue weighted by molar-refractivity contribution is 5.41. The Morgan fingerprint density at radius 2 is 2.05 bits per heavy atom. The van der Waals surface area contributed by atoms with Crippen molar-refractivity contribution in [3.8, 4) is 0 Å². The highest BCUT2D eigenvalue weighted by Gasteiger charge is 2.17. The van der Waals surface area contributed by atoms with E-state index in [0.29, 0.717) is 13.2 Å². The number of anilines is 1. The van der Waals surface area contributed by atoms with Gasteiger partial charge in [0.2, 0.25) is 0 Å². The number of rotatable bonds is 6. The van der Waals surface area contributed by atoms with E-state index in [9.17, 15) is 4.79 Å². The molecule has 0 fully saturated rings. The number of ether oxygens (including phenoxy) is 1. The highest BCUT2D eigenvalue weighted by Crippen LogP contribution is 2.13. The van der Waals surface area contributed by atoms with Crippen molar-refractivity contribution in [1.82, 2.24) is 9.36 Å². The molecule has 1 aromatic carbocycles. The normalized spacial score (nSPS) is 11.0. The Balaban J connectivity index is 2.46. The number of aryl methyl sites for hydroxylation is 1. The lowest BCUT2D eigenvalue weighted by molar-refractivity contribution is 0.175. The summed E-state index contributed by atoms with van der Waals surface area (Å²) in [5.41, 5.74) is 9.15. The fraction of sp³-hybridized carbons (Fsp3) is 0.438. The number of hydrogen-bond donors (Lipinski definition) is 1. The summed E-state index contributed by atoms with van der Waals surface area (Å²) in [5, 5.41) is 0. The molecular weight excluding hydrogens is 266 g/mol. The van der Waals surface area contributed by atoms with Gasteiger partial charge in [-0.05, 0) is 18.9 Å². The van der Waals surface area contributed by atoms with E-state index in [4.69, 9.17) is 10.5 Å². The van der Waals surface area contributed by atoms with Crippen LogP contribution in [0.25, 0.3) is 0 Å². The molecule has 0 amide bonds. The minimum absolute atomic E-state index is 0.142. The van der Waals surface area contributed by atoms with Crippen molar-refractivity contribution in [3.05, 3.63) is 51.4 Å². The summed E-state index contributed by atoms with van der Waals surface area (Å²) in [6.45, 7) is 5.74. The molecule has 2 N–H and O–H groups in total. The Labute approximate surface area is 124 Å². The number of nitrogens with zero attached hydrogens (tertiary/aromatic N) is 2. The smallest absolute Gasteiger partial charge is 0.290 e. The van der Waals surface area contributed by atoms with Crippen LogP contribution in [0.15, 0.2) is 29.1 Å². The molecule has 0 saturated carbocycles. The van der Waals surface area contributed by atoms with Crippen molar-refractivity contribution in [3.63, 3.8) is 0 Å². The van der Waals surface area contributed by atoms with Crippen LogP contribution < -0.4 is 11.3 Å². The van der Waals surface area contributed by atoms with Crippen molar-refractivity contribution in [2.24, 2.45) is 0 Å². The summed E-state index contributed by atoms with van der Waals surface area (Å²) in [7, 11) is 1.61. The molecule has 0 bridgehead atoms. The molecule has 5 nitrogen and oxygen atoms in total. The van der Waals surface area contributed by atoms with E-state index >= 15 is 0 Å². The zero-order valence-electron chi connectivity index (χ0n) is 12.9. The summed E-state index contributed by atoms with van der Waals surface area (Å²) in [5.74, 6) is 0. The summed E-state index contributed by atoms with van der Waals surface area (Å²) in [4.78, 5) is 12.4. The van der Waals surface area contributed by atoms with Gasteiger partial charge in [0.05, 0.1) is 18.8 Å². The van der Waals surface area contributed by atoms with E-state index in [0.717, 1.165) is 24.2 Å². The molecule has 2 rings (SSSR count). The number of nitrogen functional groups attached to an aromatic ring is 1. The second-order valence-corrected chi connectivity index (χ2v) is 5.27. The Morgan fingerprint density at radius 1 is 1.29 bits per heavy atom. The Kier molecular flexibility index (Phi) is 4.85. The van der Waals surface area contributed by atoms with E-state index in [2.05, 4.69) is 13.0 Å². The number of hydrogen-bond acceptors (Lipinski definition) is 3. The molecule has 0 saturated heterocycles. The molecule has 0 spiro atoms. The van der Waals surface area contributed by atoms with Crippen LogP contribution in [-0.2, 0) is 24.4 Å². The SMILES string of the molecule is CCCn1c(COC)c(N)c(=O)n1Cc1cccc(C)c1. The largest absolute Gasteiger partial charge is 0.393 e. The van der Waals surface area contributed by atoms with Crippen molar-refractivity contribution in [2.45, 2.75) is 40.0 Å². The van der Waals surface area contributed by atoms with Gasteiger partial charge in [-0.3, -0.25) is 9.48 Å². The lowest BCUT2D eigenvalue weighted by Crippen LogP contribution is -2.25. The predicted octanol–water partition coefficient (Wildman–Crippen LogP) is 2.15. The second kappa shape index (κ2) is 6.63. The number of benzene rings is 1. The molecule has 0 unspecified atom stereocenters. The Bertz CT molecular complexity index is 671. The van der Waals surface area contributed by atoms with Crippen molar-refractivity contribution in [1.29, 1.82) is 0 Å². The third-order valence-electron chi connectivity index (χ3n) is 3.51. The summed E-state index contributed by atoms with van der Waals surface area (Å²) in [6, 6.07) is 8.15. The van der Waals surface area contributed by atoms with E-state index in [1.165, 1.54) is 5.56 Å². The van der Waals surface area contributed by atoms with E-state index in [-0.39, 0.29) is 11.2 Å². The maximum Gasteiger partial charge on any atom is 0.290 e. The fourth-order valence-corrected chi connectivity index (χ4v) is 2.55. The highest BCUT2D eigenvalue weighted by atomic mass is 16.5. The van der Waals surface area contributed by atoms with E-state index in [1.54, 1.807) is 11.8 Å². The second-order valence-electron chi connectivity index (χ2n) is 5.27. The molecule has 0 aliphatic rings. The van der Waals surface area contributed by atoms with Gasteiger partial charge in [-0.25, -0.2) is 4.68 Å². The van der Waals surface area contributed by atoms with Crippen molar-refractivity contribution >= 4 is 5.69 Å². The van der Waals surface area contributed by atoms with Gasteiger partial charge >= 0.3 is 0 Å². The topological polar surface area (TPSA) is 62.2 Å². The maximum absolute atomic E-state index is 12.4. The van der Waals surface area contributed by atoms with Gasteiger partial charge in [0.25, 0.3) is 5.56 Å². The molecule has 0 atom stereocenters.